The molecule has 0 radical (unpaired) electrons. The fourth-order valence-corrected chi connectivity index (χ4v) is 2.67. The van der Waals surface area contributed by atoms with Crippen LogP contribution in [-0.4, -0.2) is 43.6 Å². The topological polar surface area (TPSA) is 57.3 Å². The van der Waals surface area contributed by atoms with Crippen molar-refractivity contribution in [2.45, 2.75) is 32.7 Å². The van der Waals surface area contributed by atoms with Crippen LogP contribution >= 0.6 is 0 Å². The summed E-state index contributed by atoms with van der Waals surface area (Å²) >= 11 is 0. The summed E-state index contributed by atoms with van der Waals surface area (Å²) in [5, 5.41) is 6.14. The normalized spacial score (nSPS) is 16.3. The average Bonchev–Trinajstić information content (AvgIpc) is 2.52. The van der Waals surface area contributed by atoms with E-state index < -0.39 is 0 Å². The van der Waals surface area contributed by atoms with E-state index in [2.05, 4.69) is 34.4 Å². The molecule has 0 bridgehead atoms. The van der Waals surface area contributed by atoms with Gasteiger partial charge in [0, 0.05) is 38.1 Å². The Morgan fingerprint density at radius 2 is 2.14 bits per heavy atom. The number of hydrogen-bond donors (Lipinski definition) is 2. The molecule has 2 heterocycles. The van der Waals surface area contributed by atoms with Crippen molar-refractivity contribution in [2.75, 3.05) is 31.6 Å². The Kier molecular flexibility index (Phi) is 5.56. The van der Waals surface area contributed by atoms with Gasteiger partial charge in [-0.1, -0.05) is 13.8 Å². The van der Waals surface area contributed by atoms with Crippen LogP contribution in [0.3, 0.4) is 0 Å². The Morgan fingerprint density at radius 3 is 2.76 bits per heavy atom. The fraction of sp³-hybridized carbons (Fsp3) is 0.625. The zero-order chi connectivity index (χ0) is 15.2. The number of amides is 1. The van der Waals surface area contributed by atoms with E-state index >= 15 is 0 Å². The standard InChI is InChI=1S/C16H26N4O/c1-12(2)19-11-13-5-8-20(9-6-13)14-4-7-18-15(10-14)16(21)17-3/h4,7,10,12-13,19H,5-6,8-9,11H2,1-3H3,(H,17,21). The van der Waals surface area contributed by atoms with Gasteiger partial charge in [-0.25, -0.2) is 0 Å². The maximum absolute atomic E-state index is 11.6. The van der Waals surface area contributed by atoms with Gasteiger partial charge in [-0.05, 0) is 37.4 Å². The first-order chi connectivity index (χ1) is 10.1. The number of hydrogen-bond acceptors (Lipinski definition) is 4. The molecule has 5 nitrogen and oxygen atoms in total. The first kappa shape index (κ1) is 15.8. The van der Waals surface area contributed by atoms with Crippen LogP contribution in [0.4, 0.5) is 5.69 Å². The van der Waals surface area contributed by atoms with Crippen molar-refractivity contribution < 1.29 is 4.79 Å². The SMILES string of the molecule is CNC(=O)c1cc(N2CCC(CNC(C)C)CC2)ccn1. The summed E-state index contributed by atoms with van der Waals surface area (Å²) in [7, 11) is 1.63. The molecule has 1 aromatic heterocycles. The smallest absolute Gasteiger partial charge is 0.269 e. The molecule has 0 spiro atoms. The first-order valence-electron chi connectivity index (χ1n) is 7.76. The molecular formula is C16H26N4O. The molecule has 1 fully saturated rings. The summed E-state index contributed by atoms with van der Waals surface area (Å²) in [6, 6.07) is 4.42. The summed E-state index contributed by atoms with van der Waals surface area (Å²) in [5.74, 6) is 0.622. The Balaban J connectivity index is 1.91. The molecule has 0 aliphatic carbocycles. The van der Waals surface area contributed by atoms with Gasteiger partial charge in [0.25, 0.3) is 5.91 Å². The van der Waals surface area contributed by atoms with Gasteiger partial charge in [-0.15, -0.1) is 0 Å². The van der Waals surface area contributed by atoms with Gasteiger partial charge in [0.1, 0.15) is 5.69 Å². The van der Waals surface area contributed by atoms with E-state index in [1.165, 1.54) is 12.8 Å². The molecule has 0 atom stereocenters. The van der Waals surface area contributed by atoms with Crippen LogP contribution in [0.15, 0.2) is 18.3 Å². The lowest BCUT2D eigenvalue weighted by atomic mass is 9.96. The quantitative estimate of drug-likeness (QED) is 0.866. The predicted octanol–water partition coefficient (Wildman–Crippen LogP) is 1.66. The van der Waals surface area contributed by atoms with E-state index in [0.717, 1.165) is 31.2 Å². The summed E-state index contributed by atoms with van der Waals surface area (Å²) in [6.07, 6.45) is 4.10. The van der Waals surface area contributed by atoms with Gasteiger partial charge in [-0.2, -0.15) is 0 Å². The number of carbonyl (C=O) groups excluding carboxylic acids is 1. The number of nitrogens with one attached hydrogen (secondary N) is 2. The van der Waals surface area contributed by atoms with Crippen LogP contribution in [-0.2, 0) is 0 Å². The monoisotopic (exact) mass is 290 g/mol. The van der Waals surface area contributed by atoms with Gasteiger partial charge in [0.15, 0.2) is 0 Å². The van der Waals surface area contributed by atoms with Crippen LogP contribution in [0.25, 0.3) is 0 Å². The van der Waals surface area contributed by atoms with Crippen molar-refractivity contribution in [3.05, 3.63) is 24.0 Å². The molecule has 1 saturated heterocycles. The van der Waals surface area contributed by atoms with Crippen LogP contribution in [0.2, 0.25) is 0 Å². The van der Waals surface area contributed by atoms with Crippen molar-refractivity contribution in [1.29, 1.82) is 0 Å². The molecule has 5 heteroatoms. The molecule has 1 aliphatic rings. The fourth-order valence-electron chi connectivity index (χ4n) is 2.67. The first-order valence-corrected chi connectivity index (χ1v) is 7.76. The van der Waals surface area contributed by atoms with Gasteiger partial charge in [0.2, 0.25) is 0 Å². The summed E-state index contributed by atoms with van der Waals surface area (Å²) in [5.41, 5.74) is 1.58. The third-order valence-corrected chi connectivity index (χ3v) is 4.00. The number of carbonyl (C=O) groups is 1. The Labute approximate surface area is 127 Å². The van der Waals surface area contributed by atoms with E-state index in [1.807, 2.05) is 12.1 Å². The highest BCUT2D eigenvalue weighted by Gasteiger charge is 2.20. The van der Waals surface area contributed by atoms with E-state index in [1.54, 1.807) is 13.2 Å². The average molecular weight is 290 g/mol. The lowest BCUT2D eigenvalue weighted by Gasteiger charge is -2.34. The van der Waals surface area contributed by atoms with Gasteiger partial charge in [0.05, 0.1) is 0 Å². The van der Waals surface area contributed by atoms with Crippen molar-refractivity contribution in [1.82, 2.24) is 15.6 Å². The number of anilines is 1. The molecule has 2 rings (SSSR count). The number of rotatable bonds is 5. The highest BCUT2D eigenvalue weighted by molar-refractivity contribution is 5.92. The molecule has 1 aromatic rings. The summed E-state index contributed by atoms with van der Waals surface area (Å²) in [6.45, 7) is 7.56. The number of pyridine rings is 1. The lowest BCUT2D eigenvalue weighted by molar-refractivity contribution is 0.0958. The molecule has 21 heavy (non-hydrogen) atoms. The third-order valence-electron chi connectivity index (χ3n) is 4.00. The minimum atomic E-state index is -0.132. The summed E-state index contributed by atoms with van der Waals surface area (Å²) < 4.78 is 0. The second-order valence-corrected chi connectivity index (χ2v) is 5.97. The predicted molar refractivity (Wildman–Crippen MR) is 85.7 cm³/mol. The molecule has 0 saturated carbocycles. The minimum Gasteiger partial charge on any atom is -0.371 e. The second kappa shape index (κ2) is 7.41. The van der Waals surface area contributed by atoms with E-state index in [4.69, 9.17) is 0 Å². The molecule has 1 amide bonds. The van der Waals surface area contributed by atoms with Crippen LogP contribution in [0.1, 0.15) is 37.2 Å². The van der Waals surface area contributed by atoms with Gasteiger partial charge < -0.3 is 15.5 Å². The third kappa shape index (κ3) is 4.43. The van der Waals surface area contributed by atoms with Gasteiger partial charge >= 0.3 is 0 Å². The van der Waals surface area contributed by atoms with E-state index in [0.29, 0.717) is 11.7 Å². The maximum atomic E-state index is 11.6. The van der Waals surface area contributed by atoms with Gasteiger partial charge in [-0.3, -0.25) is 9.78 Å². The van der Waals surface area contributed by atoms with Crippen LogP contribution in [0.5, 0.6) is 0 Å². The molecule has 1 aliphatic heterocycles. The highest BCUT2D eigenvalue weighted by Crippen LogP contribution is 2.23. The van der Waals surface area contributed by atoms with Crippen LogP contribution in [0, 0.1) is 5.92 Å². The molecule has 0 aromatic carbocycles. The molecule has 0 unspecified atom stereocenters. The zero-order valence-corrected chi connectivity index (χ0v) is 13.2. The lowest BCUT2D eigenvalue weighted by Crippen LogP contribution is -2.38. The summed E-state index contributed by atoms with van der Waals surface area (Å²) in [4.78, 5) is 18.1. The van der Waals surface area contributed by atoms with Crippen molar-refractivity contribution in [3.63, 3.8) is 0 Å². The van der Waals surface area contributed by atoms with Crippen molar-refractivity contribution in [3.8, 4) is 0 Å². The minimum absolute atomic E-state index is 0.132. The second-order valence-electron chi connectivity index (χ2n) is 5.97. The molecular weight excluding hydrogens is 264 g/mol. The van der Waals surface area contributed by atoms with E-state index in [-0.39, 0.29) is 5.91 Å². The van der Waals surface area contributed by atoms with Crippen LogP contribution < -0.4 is 15.5 Å². The largest absolute Gasteiger partial charge is 0.371 e. The van der Waals surface area contributed by atoms with Crippen molar-refractivity contribution >= 4 is 11.6 Å². The maximum Gasteiger partial charge on any atom is 0.269 e. The molecule has 2 N–H and O–H groups in total. The number of nitrogens with zero attached hydrogens (tertiary/aromatic N) is 2. The number of piperidine rings is 1. The Hall–Kier alpha value is -1.62. The Morgan fingerprint density at radius 1 is 1.43 bits per heavy atom. The Bertz CT molecular complexity index is 467. The number of aromatic nitrogens is 1. The molecule has 116 valence electrons. The zero-order valence-electron chi connectivity index (χ0n) is 13.2. The van der Waals surface area contributed by atoms with E-state index in [9.17, 15) is 4.79 Å². The highest BCUT2D eigenvalue weighted by atomic mass is 16.1. The van der Waals surface area contributed by atoms with Crippen molar-refractivity contribution in [2.24, 2.45) is 5.92 Å².